The lowest BCUT2D eigenvalue weighted by atomic mass is 10.1. The van der Waals surface area contributed by atoms with E-state index < -0.39 is 12.9 Å². The van der Waals surface area contributed by atoms with Crippen LogP contribution in [0.1, 0.15) is 26.3 Å². The fourth-order valence-corrected chi connectivity index (χ4v) is 3.50. The van der Waals surface area contributed by atoms with Gasteiger partial charge in [0.15, 0.2) is 0 Å². The van der Waals surface area contributed by atoms with E-state index in [2.05, 4.69) is 0 Å². The van der Waals surface area contributed by atoms with E-state index in [4.69, 9.17) is 14.8 Å². The predicted molar refractivity (Wildman–Crippen MR) is 73.6 cm³/mol. The van der Waals surface area contributed by atoms with Gasteiger partial charge in [0, 0.05) is 6.42 Å². The van der Waals surface area contributed by atoms with Crippen LogP contribution in [-0.4, -0.2) is 18.5 Å². The summed E-state index contributed by atoms with van der Waals surface area (Å²) < 4.78 is 23.3. The van der Waals surface area contributed by atoms with E-state index >= 15 is 0 Å². The lowest BCUT2D eigenvalue weighted by molar-refractivity contribution is 0.198. The maximum absolute atomic E-state index is 12.7. The van der Waals surface area contributed by atoms with Crippen molar-refractivity contribution in [2.24, 2.45) is 5.73 Å². The minimum Gasteiger partial charge on any atom is -0.315 e. The number of rotatable bonds is 7. The zero-order valence-corrected chi connectivity index (χ0v) is 12.2. The van der Waals surface area contributed by atoms with Crippen LogP contribution < -0.4 is 5.73 Å². The largest absolute Gasteiger partial charge is 0.350 e. The summed E-state index contributed by atoms with van der Waals surface area (Å²) in [6, 6.07) is 9.69. The van der Waals surface area contributed by atoms with Crippen molar-refractivity contribution in [3.63, 3.8) is 0 Å². The molecule has 0 aliphatic carbocycles. The van der Waals surface area contributed by atoms with Gasteiger partial charge in [0.05, 0.1) is 13.2 Å². The highest BCUT2D eigenvalue weighted by Crippen LogP contribution is 2.58. The standard InChI is InChI=1S/C13H22NO3P/c1-4-16-18(15,17-5-2)13(3,14)11-12-9-7-6-8-10-12/h6-10H,4-5,11,14H2,1-3H3/t13-/m0/s1. The van der Waals surface area contributed by atoms with E-state index in [-0.39, 0.29) is 0 Å². The molecule has 0 radical (unpaired) electrons. The topological polar surface area (TPSA) is 61.5 Å². The highest BCUT2D eigenvalue weighted by atomic mass is 31.2. The van der Waals surface area contributed by atoms with Crippen molar-refractivity contribution in [2.75, 3.05) is 13.2 Å². The predicted octanol–water partition coefficient (Wildman–Crippen LogP) is 3.17. The maximum Gasteiger partial charge on any atom is 0.350 e. The second-order valence-electron chi connectivity index (χ2n) is 4.35. The van der Waals surface area contributed by atoms with Crippen molar-refractivity contribution in [2.45, 2.75) is 32.5 Å². The Morgan fingerprint density at radius 3 is 2.11 bits per heavy atom. The average molecular weight is 271 g/mol. The normalized spacial score (nSPS) is 15.3. The lowest BCUT2D eigenvalue weighted by Gasteiger charge is -2.32. The zero-order valence-electron chi connectivity index (χ0n) is 11.3. The summed E-state index contributed by atoms with van der Waals surface area (Å²) in [4.78, 5) is 0. The van der Waals surface area contributed by atoms with Gasteiger partial charge in [-0.2, -0.15) is 0 Å². The molecule has 1 aromatic carbocycles. The van der Waals surface area contributed by atoms with Crippen LogP contribution in [0.5, 0.6) is 0 Å². The van der Waals surface area contributed by atoms with Crippen molar-refractivity contribution in [3.05, 3.63) is 35.9 Å². The Balaban J connectivity index is 2.91. The van der Waals surface area contributed by atoms with E-state index in [9.17, 15) is 4.57 Å². The van der Waals surface area contributed by atoms with Gasteiger partial charge in [-0.15, -0.1) is 0 Å². The Kier molecular flexibility index (Phi) is 5.54. The Bertz CT molecular complexity index is 396. The van der Waals surface area contributed by atoms with Gasteiger partial charge in [-0.05, 0) is 26.3 Å². The van der Waals surface area contributed by atoms with E-state index in [0.29, 0.717) is 19.6 Å². The smallest absolute Gasteiger partial charge is 0.315 e. The number of benzene rings is 1. The van der Waals surface area contributed by atoms with E-state index in [1.165, 1.54) is 0 Å². The summed E-state index contributed by atoms with van der Waals surface area (Å²) >= 11 is 0. The first kappa shape index (κ1) is 15.4. The maximum atomic E-state index is 12.7. The van der Waals surface area contributed by atoms with Gasteiger partial charge in [-0.25, -0.2) is 0 Å². The average Bonchev–Trinajstić information content (AvgIpc) is 2.30. The Hall–Kier alpha value is -0.670. The lowest BCUT2D eigenvalue weighted by Crippen LogP contribution is -2.39. The monoisotopic (exact) mass is 271 g/mol. The van der Waals surface area contributed by atoms with Crippen LogP contribution in [0.15, 0.2) is 30.3 Å². The van der Waals surface area contributed by atoms with Crippen LogP contribution in [0.25, 0.3) is 0 Å². The summed E-state index contributed by atoms with van der Waals surface area (Å²) in [5, 5.41) is -1.03. The third-order valence-corrected chi connectivity index (χ3v) is 5.23. The van der Waals surface area contributed by atoms with E-state index in [0.717, 1.165) is 5.56 Å². The summed E-state index contributed by atoms with van der Waals surface area (Å²) in [7, 11) is -3.31. The highest BCUT2D eigenvalue weighted by molar-refractivity contribution is 7.55. The molecule has 0 heterocycles. The molecule has 0 aliphatic heterocycles. The first-order valence-electron chi connectivity index (χ1n) is 6.17. The molecule has 0 amide bonds. The van der Waals surface area contributed by atoms with Crippen LogP contribution >= 0.6 is 7.60 Å². The molecule has 1 aromatic rings. The molecule has 2 N–H and O–H groups in total. The second kappa shape index (κ2) is 6.48. The fourth-order valence-electron chi connectivity index (χ4n) is 1.78. The third kappa shape index (κ3) is 3.66. The fraction of sp³-hybridized carbons (Fsp3) is 0.538. The van der Waals surface area contributed by atoms with Crippen LogP contribution in [0.2, 0.25) is 0 Å². The zero-order chi connectivity index (χ0) is 13.6. The molecule has 0 saturated heterocycles. The molecule has 102 valence electrons. The molecule has 1 rings (SSSR count). The van der Waals surface area contributed by atoms with Gasteiger partial charge in [-0.3, -0.25) is 4.57 Å². The Morgan fingerprint density at radius 1 is 1.17 bits per heavy atom. The second-order valence-corrected chi connectivity index (χ2v) is 6.89. The van der Waals surface area contributed by atoms with E-state index in [1.54, 1.807) is 20.8 Å². The van der Waals surface area contributed by atoms with E-state index in [1.807, 2.05) is 30.3 Å². The van der Waals surface area contributed by atoms with Crippen molar-refractivity contribution in [1.29, 1.82) is 0 Å². The minimum absolute atomic E-state index is 0.318. The van der Waals surface area contributed by atoms with Gasteiger partial charge < -0.3 is 14.8 Å². The molecular weight excluding hydrogens is 249 g/mol. The van der Waals surface area contributed by atoms with Crippen molar-refractivity contribution < 1.29 is 13.6 Å². The van der Waals surface area contributed by atoms with Gasteiger partial charge in [-0.1, -0.05) is 30.3 Å². The molecule has 0 fully saturated rings. The molecule has 0 saturated carbocycles. The highest BCUT2D eigenvalue weighted by Gasteiger charge is 2.43. The molecule has 0 aromatic heterocycles. The quantitative estimate of drug-likeness (QED) is 0.774. The summed E-state index contributed by atoms with van der Waals surface area (Å²) in [6.45, 7) is 5.92. The Labute approximate surface area is 109 Å². The minimum atomic E-state index is -3.31. The number of hydrogen-bond donors (Lipinski definition) is 1. The Morgan fingerprint density at radius 2 is 1.67 bits per heavy atom. The third-order valence-electron chi connectivity index (χ3n) is 2.63. The number of nitrogens with two attached hydrogens (primary N) is 1. The first-order chi connectivity index (χ1) is 8.45. The molecule has 0 spiro atoms. The van der Waals surface area contributed by atoms with Gasteiger partial charge in [0.1, 0.15) is 5.28 Å². The molecule has 1 atom stereocenters. The molecule has 18 heavy (non-hydrogen) atoms. The van der Waals surface area contributed by atoms with Crippen LogP contribution in [0, 0.1) is 0 Å². The van der Waals surface area contributed by atoms with Crippen molar-refractivity contribution in [3.8, 4) is 0 Å². The van der Waals surface area contributed by atoms with Crippen LogP contribution in [0.4, 0.5) is 0 Å². The molecule has 5 heteroatoms. The summed E-state index contributed by atoms with van der Waals surface area (Å²) in [5.41, 5.74) is 7.20. The van der Waals surface area contributed by atoms with Gasteiger partial charge >= 0.3 is 7.60 Å². The first-order valence-corrected chi connectivity index (χ1v) is 7.71. The van der Waals surface area contributed by atoms with Crippen LogP contribution in [-0.2, 0) is 20.0 Å². The summed E-state index contributed by atoms with van der Waals surface area (Å²) in [6.07, 6.45) is 0.450. The van der Waals surface area contributed by atoms with Gasteiger partial charge in [0.2, 0.25) is 0 Å². The molecule has 4 nitrogen and oxygen atoms in total. The van der Waals surface area contributed by atoms with Crippen molar-refractivity contribution >= 4 is 7.60 Å². The van der Waals surface area contributed by atoms with Gasteiger partial charge in [0.25, 0.3) is 0 Å². The molecule has 0 aliphatic rings. The summed E-state index contributed by atoms with van der Waals surface area (Å²) in [5.74, 6) is 0. The molecule has 0 unspecified atom stereocenters. The van der Waals surface area contributed by atoms with Crippen LogP contribution in [0.3, 0.4) is 0 Å². The molecule has 0 bridgehead atoms. The SMILES string of the molecule is CCOP(=O)(OCC)[C@](C)(N)Cc1ccccc1. The number of hydrogen-bond acceptors (Lipinski definition) is 4. The molecular formula is C13H22NO3P. The van der Waals surface area contributed by atoms with Crippen molar-refractivity contribution in [1.82, 2.24) is 0 Å².